The van der Waals surface area contributed by atoms with E-state index in [4.69, 9.17) is 0 Å². The molecule has 0 bridgehead atoms. The van der Waals surface area contributed by atoms with Crippen molar-refractivity contribution in [1.29, 1.82) is 0 Å². The molecule has 13 heavy (non-hydrogen) atoms. The fourth-order valence-corrected chi connectivity index (χ4v) is 1.82. The fourth-order valence-electron chi connectivity index (χ4n) is 1.82. The van der Waals surface area contributed by atoms with Gasteiger partial charge in [0.05, 0.1) is 0 Å². The molecule has 0 unspecified atom stereocenters. The Hall–Kier alpha value is -1.19. The van der Waals surface area contributed by atoms with Gasteiger partial charge in [0.25, 0.3) is 0 Å². The van der Waals surface area contributed by atoms with Crippen LogP contribution in [0.1, 0.15) is 19.3 Å². The zero-order chi connectivity index (χ0) is 9.84. The summed E-state index contributed by atoms with van der Waals surface area (Å²) in [5.41, 5.74) is 0. The highest BCUT2D eigenvalue weighted by Crippen LogP contribution is 2.27. The minimum Gasteiger partial charge on any atom is -0.300 e. The van der Waals surface area contributed by atoms with E-state index in [0.29, 0.717) is 12.8 Å². The maximum Gasteiger partial charge on any atom is 0.207 e. The molecule has 0 radical (unpaired) electrons. The molecule has 1 aliphatic rings. The first-order chi connectivity index (χ1) is 6.11. The third kappa shape index (κ3) is 2.97. The number of hydrogen-bond donors (Lipinski definition) is 0. The summed E-state index contributed by atoms with van der Waals surface area (Å²) in [6.07, 6.45) is 3.34. The van der Waals surface area contributed by atoms with Crippen molar-refractivity contribution in [3.8, 4) is 0 Å². The molecule has 0 aromatic carbocycles. The first kappa shape index (κ1) is 9.89. The topological polar surface area (TPSA) is 60.2 Å². The molecule has 1 saturated carbocycles. The fraction of sp³-hybridized carbons (Fsp3) is 0.667. The Morgan fingerprint density at radius 3 is 2.85 bits per heavy atom. The molecular formula is C9H13NO3. The zero-order valence-corrected chi connectivity index (χ0v) is 7.44. The Kier molecular flexibility index (Phi) is 3.17. The van der Waals surface area contributed by atoms with E-state index in [9.17, 15) is 14.9 Å². The van der Waals surface area contributed by atoms with Gasteiger partial charge in [0.2, 0.25) is 6.54 Å². The summed E-state index contributed by atoms with van der Waals surface area (Å²) in [5.74, 6) is 0.188. The van der Waals surface area contributed by atoms with Crippen LogP contribution < -0.4 is 0 Å². The van der Waals surface area contributed by atoms with Crippen molar-refractivity contribution in [3.63, 3.8) is 0 Å². The van der Waals surface area contributed by atoms with Crippen LogP contribution in [0.25, 0.3) is 0 Å². The number of nitro groups is 1. The lowest BCUT2D eigenvalue weighted by Gasteiger charge is -2.23. The lowest BCUT2D eigenvalue weighted by Crippen LogP contribution is -2.26. The van der Waals surface area contributed by atoms with E-state index in [2.05, 4.69) is 6.58 Å². The van der Waals surface area contributed by atoms with Gasteiger partial charge in [-0.25, -0.2) is 0 Å². The molecule has 0 heterocycles. The molecule has 72 valence electrons. The first-order valence-electron chi connectivity index (χ1n) is 4.38. The Balaban J connectivity index is 2.51. The summed E-state index contributed by atoms with van der Waals surface area (Å²) in [6, 6.07) is 0. The molecule has 2 atom stereocenters. The summed E-state index contributed by atoms with van der Waals surface area (Å²) in [4.78, 5) is 21.0. The van der Waals surface area contributed by atoms with Gasteiger partial charge in [-0.2, -0.15) is 0 Å². The first-order valence-corrected chi connectivity index (χ1v) is 4.38. The van der Waals surface area contributed by atoms with Gasteiger partial charge in [0.1, 0.15) is 5.78 Å². The van der Waals surface area contributed by atoms with E-state index in [1.54, 1.807) is 6.08 Å². The molecule has 4 heteroatoms. The lowest BCUT2D eigenvalue weighted by molar-refractivity contribution is -0.488. The average molecular weight is 183 g/mol. The number of rotatable bonds is 3. The van der Waals surface area contributed by atoms with Crippen LogP contribution in [-0.4, -0.2) is 17.3 Å². The monoisotopic (exact) mass is 183 g/mol. The van der Waals surface area contributed by atoms with Crippen molar-refractivity contribution in [2.75, 3.05) is 6.54 Å². The van der Waals surface area contributed by atoms with Gasteiger partial charge in [0, 0.05) is 23.7 Å². The van der Waals surface area contributed by atoms with E-state index in [-0.39, 0.29) is 29.1 Å². The second-order valence-electron chi connectivity index (χ2n) is 3.56. The third-order valence-corrected chi connectivity index (χ3v) is 2.38. The number of nitrogens with zero attached hydrogens (tertiary/aromatic N) is 1. The molecule has 1 fully saturated rings. The van der Waals surface area contributed by atoms with Gasteiger partial charge in [-0.15, -0.1) is 6.58 Å². The third-order valence-electron chi connectivity index (χ3n) is 2.38. The van der Waals surface area contributed by atoms with Gasteiger partial charge >= 0.3 is 0 Å². The summed E-state index contributed by atoms with van der Waals surface area (Å²) >= 11 is 0. The van der Waals surface area contributed by atoms with Crippen molar-refractivity contribution >= 4 is 5.78 Å². The van der Waals surface area contributed by atoms with Gasteiger partial charge < -0.3 is 0 Å². The number of ketones is 1. The quantitative estimate of drug-likeness (QED) is 0.378. The number of carbonyl (C=O) groups excluding carboxylic acids is 1. The second-order valence-corrected chi connectivity index (χ2v) is 3.56. The molecule has 0 N–H and O–H groups in total. The molecule has 1 aliphatic carbocycles. The van der Waals surface area contributed by atoms with E-state index in [1.807, 2.05) is 0 Å². The summed E-state index contributed by atoms with van der Waals surface area (Å²) in [5, 5.41) is 10.2. The Morgan fingerprint density at radius 1 is 1.62 bits per heavy atom. The van der Waals surface area contributed by atoms with Crippen LogP contribution in [-0.2, 0) is 4.79 Å². The molecule has 0 aromatic heterocycles. The van der Waals surface area contributed by atoms with Crippen molar-refractivity contribution < 1.29 is 9.72 Å². The molecule has 0 saturated heterocycles. The van der Waals surface area contributed by atoms with Crippen molar-refractivity contribution in [3.05, 3.63) is 22.8 Å². The van der Waals surface area contributed by atoms with Crippen LogP contribution >= 0.6 is 0 Å². The average Bonchev–Trinajstić information content (AvgIpc) is 2.01. The van der Waals surface area contributed by atoms with Crippen LogP contribution in [0.5, 0.6) is 0 Å². The van der Waals surface area contributed by atoms with Crippen LogP contribution in [0.15, 0.2) is 12.7 Å². The predicted molar refractivity (Wildman–Crippen MR) is 47.9 cm³/mol. The van der Waals surface area contributed by atoms with Crippen LogP contribution in [0.2, 0.25) is 0 Å². The van der Waals surface area contributed by atoms with Crippen molar-refractivity contribution in [2.24, 2.45) is 11.8 Å². The molecule has 0 spiro atoms. The molecule has 0 aromatic rings. The summed E-state index contributed by atoms with van der Waals surface area (Å²) < 4.78 is 0. The molecular weight excluding hydrogens is 170 g/mol. The number of hydrogen-bond acceptors (Lipinski definition) is 3. The van der Waals surface area contributed by atoms with E-state index < -0.39 is 0 Å². The predicted octanol–water partition coefficient (Wildman–Crippen LogP) is 1.43. The molecule has 4 nitrogen and oxygen atoms in total. The summed E-state index contributed by atoms with van der Waals surface area (Å²) in [6.45, 7) is 3.52. The van der Waals surface area contributed by atoms with E-state index in [1.165, 1.54) is 0 Å². The largest absolute Gasteiger partial charge is 0.300 e. The number of allylic oxidation sites excluding steroid dienone is 1. The van der Waals surface area contributed by atoms with Crippen LogP contribution in [0.4, 0.5) is 0 Å². The zero-order valence-electron chi connectivity index (χ0n) is 7.44. The molecule has 1 rings (SSSR count). The summed E-state index contributed by atoms with van der Waals surface area (Å²) in [7, 11) is 0. The maximum atomic E-state index is 11.2. The smallest absolute Gasteiger partial charge is 0.207 e. The normalized spacial score (nSPS) is 28.5. The Morgan fingerprint density at radius 2 is 2.31 bits per heavy atom. The van der Waals surface area contributed by atoms with Gasteiger partial charge in [-0.1, -0.05) is 6.08 Å². The van der Waals surface area contributed by atoms with Crippen LogP contribution in [0.3, 0.4) is 0 Å². The molecule has 0 aliphatic heterocycles. The minimum atomic E-state index is -0.344. The SMILES string of the molecule is C=C[C@H]1CC(=O)C[C@H](C[N+](=O)[O-])C1. The lowest BCUT2D eigenvalue weighted by atomic mass is 9.81. The highest BCUT2D eigenvalue weighted by molar-refractivity contribution is 5.79. The number of Topliss-reactive ketones (excluding diaryl/α,β-unsaturated/α-hetero) is 1. The van der Waals surface area contributed by atoms with Crippen molar-refractivity contribution in [1.82, 2.24) is 0 Å². The minimum absolute atomic E-state index is 0.0840. The van der Waals surface area contributed by atoms with Gasteiger partial charge in [-0.3, -0.25) is 14.9 Å². The standard InChI is InChI=1S/C9H13NO3/c1-2-7-3-8(6-10(12)13)5-9(11)4-7/h2,7-8H,1,3-6H2/t7-,8-/m1/s1. The van der Waals surface area contributed by atoms with Gasteiger partial charge in [0.15, 0.2) is 0 Å². The highest BCUT2D eigenvalue weighted by Gasteiger charge is 2.28. The molecule has 0 amide bonds. The van der Waals surface area contributed by atoms with Crippen LogP contribution in [0, 0.1) is 22.0 Å². The van der Waals surface area contributed by atoms with E-state index >= 15 is 0 Å². The maximum absolute atomic E-state index is 11.2. The van der Waals surface area contributed by atoms with Crippen molar-refractivity contribution in [2.45, 2.75) is 19.3 Å². The number of carbonyl (C=O) groups is 1. The Bertz CT molecular complexity index is 235. The second kappa shape index (κ2) is 4.16. The van der Waals surface area contributed by atoms with E-state index in [0.717, 1.165) is 6.42 Å². The van der Waals surface area contributed by atoms with Gasteiger partial charge in [-0.05, 0) is 12.3 Å². The Labute approximate surface area is 76.8 Å². The highest BCUT2D eigenvalue weighted by atomic mass is 16.6.